The van der Waals surface area contributed by atoms with Gasteiger partial charge in [-0.2, -0.15) is 0 Å². The Morgan fingerprint density at radius 2 is 0.500 bits per heavy atom. The molecule has 0 aromatic heterocycles. The molecular formula is C72H126O6. The van der Waals surface area contributed by atoms with Crippen LogP contribution in [0.5, 0.6) is 0 Å². The topological polar surface area (TPSA) is 78.9 Å². The van der Waals surface area contributed by atoms with Crippen LogP contribution >= 0.6 is 0 Å². The zero-order chi connectivity index (χ0) is 56.4. The lowest BCUT2D eigenvalue weighted by atomic mass is 10.0. The molecule has 0 aromatic carbocycles. The Kier molecular flexibility index (Phi) is 63.2. The fraction of sp³-hybridized carbons (Fsp3) is 0.764. The summed E-state index contributed by atoms with van der Waals surface area (Å²) in [4.78, 5) is 38.0. The highest BCUT2D eigenvalue weighted by molar-refractivity contribution is 5.71. The van der Waals surface area contributed by atoms with Gasteiger partial charge in [-0.3, -0.25) is 14.4 Å². The van der Waals surface area contributed by atoms with Crippen LogP contribution in [0.4, 0.5) is 0 Å². The van der Waals surface area contributed by atoms with Crippen LogP contribution in [0.1, 0.15) is 335 Å². The summed E-state index contributed by atoms with van der Waals surface area (Å²) in [6, 6.07) is 0. The second-order valence-electron chi connectivity index (χ2n) is 22.4. The monoisotopic (exact) mass is 1090 g/mol. The third kappa shape index (κ3) is 63.4. The first-order valence-electron chi connectivity index (χ1n) is 33.6. The molecule has 0 spiro atoms. The van der Waals surface area contributed by atoms with Crippen LogP contribution in [0.2, 0.25) is 0 Å². The molecule has 1 unspecified atom stereocenters. The van der Waals surface area contributed by atoms with Gasteiger partial charge in [0, 0.05) is 19.3 Å². The molecule has 0 N–H and O–H groups in total. The standard InChI is InChI=1S/C72H126O6/c1-4-7-10-13-16-18-20-22-24-26-28-30-31-32-33-34-35-36-37-38-39-40-41-43-44-46-48-50-52-54-56-59-62-65-71(74)77-68-69(67-76-70(73)64-61-58-15-12-9-6-3)78-72(75)66-63-60-57-55-53-51-49-47-45-42-29-27-25-23-21-19-17-14-11-8-5-2/h7,10,16,18,22,24,28,30,32-33,35-36,38-39,69H,4-6,8-9,11-15,17,19-21,23,25-27,29,31,34,37,40-68H2,1-3H3/b10-7-,18-16-,24-22-,30-28-,33-32-,36-35-,39-38-. The van der Waals surface area contributed by atoms with E-state index in [1.165, 1.54) is 193 Å². The summed E-state index contributed by atoms with van der Waals surface area (Å²) in [5, 5.41) is 0. The van der Waals surface area contributed by atoms with E-state index >= 15 is 0 Å². The molecule has 6 heteroatoms. The number of hydrogen-bond acceptors (Lipinski definition) is 6. The van der Waals surface area contributed by atoms with Crippen molar-refractivity contribution in [1.29, 1.82) is 0 Å². The van der Waals surface area contributed by atoms with Crippen molar-refractivity contribution >= 4 is 17.9 Å². The van der Waals surface area contributed by atoms with E-state index in [0.717, 1.165) is 103 Å². The van der Waals surface area contributed by atoms with Gasteiger partial charge >= 0.3 is 17.9 Å². The van der Waals surface area contributed by atoms with E-state index in [1.54, 1.807) is 0 Å². The predicted molar refractivity (Wildman–Crippen MR) is 339 cm³/mol. The van der Waals surface area contributed by atoms with Gasteiger partial charge < -0.3 is 14.2 Å². The molecule has 6 nitrogen and oxygen atoms in total. The number of carbonyl (C=O) groups is 3. The minimum absolute atomic E-state index is 0.0728. The summed E-state index contributed by atoms with van der Waals surface area (Å²) in [5.74, 6) is -0.869. The van der Waals surface area contributed by atoms with Crippen LogP contribution in [-0.4, -0.2) is 37.2 Å². The molecule has 0 aliphatic carbocycles. The molecular weight excluding hydrogens is 961 g/mol. The lowest BCUT2D eigenvalue weighted by Gasteiger charge is -2.18. The van der Waals surface area contributed by atoms with Gasteiger partial charge in [-0.25, -0.2) is 0 Å². The average molecular weight is 1090 g/mol. The van der Waals surface area contributed by atoms with Crippen LogP contribution in [0.15, 0.2) is 85.1 Å². The summed E-state index contributed by atoms with van der Waals surface area (Å²) in [6.07, 6.45) is 87.8. The van der Waals surface area contributed by atoms with E-state index in [0.29, 0.717) is 19.3 Å². The van der Waals surface area contributed by atoms with Crippen molar-refractivity contribution < 1.29 is 28.6 Å². The zero-order valence-electron chi connectivity index (χ0n) is 51.7. The van der Waals surface area contributed by atoms with Crippen molar-refractivity contribution in [3.05, 3.63) is 85.1 Å². The number of esters is 3. The van der Waals surface area contributed by atoms with Gasteiger partial charge in [0.15, 0.2) is 6.10 Å². The van der Waals surface area contributed by atoms with Gasteiger partial charge in [-0.05, 0) is 77.0 Å². The fourth-order valence-electron chi connectivity index (χ4n) is 9.66. The highest BCUT2D eigenvalue weighted by atomic mass is 16.6. The second kappa shape index (κ2) is 66.1. The van der Waals surface area contributed by atoms with Gasteiger partial charge in [0.25, 0.3) is 0 Å². The molecule has 0 radical (unpaired) electrons. The number of ether oxygens (including phenoxy) is 3. The van der Waals surface area contributed by atoms with Crippen LogP contribution in [0, 0.1) is 0 Å². The Morgan fingerprint density at radius 3 is 0.782 bits per heavy atom. The van der Waals surface area contributed by atoms with Crippen LogP contribution in [-0.2, 0) is 28.6 Å². The third-order valence-corrected chi connectivity index (χ3v) is 14.7. The first-order chi connectivity index (χ1) is 38.5. The molecule has 0 saturated heterocycles. The summed E-state index contributed by atoms with van der Waals surface area (Å²) >= 11 is 0. The molecule has 1 atom stereocenters. The molecule has 0 saturated carbocycles. The zero-order valence-corrected chi connectivity index (χ0v) is 51.7. The summed E-state index contributed by atoms with van der Waals surface area (Å²) in [7, 11) is 0. The highest BCUT2D eigenvalue weighted by Crippen LogP contribution is 2.17. The Balaban J connectivity index is 4.04. The fourth-order valence-corrected chi connectivity index (χ4v) is 9.66. The lowest BCUT2D eigenvalue weighted by Crippen LogP contribution is -2.30. The minimum Gasteiger partial charge on any atom is -0.462 e. The predicted octanol–water partition coefficient (Wildman–Crippen LogP) is 23.1. The minimum atomic E-state index is -0.772. The Hall–Kier alpha value is -3.41. The Labute approximate surface area is 484 Å². The van der Waals surface area contributed by atoms with Crippen molar-refractivity contribution in [2.75, 3.05) is 13.2 Å². The molecule has 0 aromatic rings. The summed E-state index contributed by atoms with van der Waals surface area (Å²) in [6.45, 7) is 6.51. The smallest absolute Gasteiger partial charge is 0.306 e. The molecule has 0 rings (SSSR count). The van der Waals surface area contributed by atoms with E-state index in [-0.39, 0.29) is 31.1 Å². The Morgan fingerprint density at radius 1 is 0.269 bits per heavy atom. The molecule has 78 heavy (non-hydrogen) atoms. The van der Waals surface area contributed by atoms with Crippen LogP contribution < -0.4 is 0 Å². The van der Waals surface area contributed by atoms with Gasteiger partial charge in [0.05, 0.1) is 0 Å². The molecule has 450 valence electrons. The molecule has 0 aliphatic rings. The third-order valence-electron chi connectivity index (χ3n) is 14.7. The number of unbranched alkanes of at least 4 members (excludes halogenated alkanes) is 36. The van der Waals surface area contributed by atoms with Crippen molar-refractivity contribution in [1.82, 2.24) is 0 Å². The maximum Gasteiger partial charge on any atom is 0.306 e. The number of rotatable bonds is 61. The summed E-state index contributed by atoms with van der Waals surface area (Å²) in [5.41, 5.74) is 0. The van der Waals surface area contributed by atoms with Crippen molar-refractivity contribution in [2.45, 2.75) is 341 Å². The van der Waals surface area contributed by atoms with E-state index in [1.807, 2.05) is 0 Å². The molecule has 0 aliphatic heterocycles. The maximum absolute atomic E-state index is 12.9. The van der Waals surface area contributed by atoms with Gasteiger partial charge in [0.2, 0.25) is 0 Å². The van der Waals surface area contributed by atoms with E-state index in [9.17, 15) is 14.4 Å². The quantitative estimate of drug-likeness (QED) is 0.0261. The van der Waals surface area contributed by atoms with E-state index in [4.69, 9.17) is 14.2 Å². The second-order valence-corrected chi connectivity index (χ2v) is 22.4. The van der Waals surface area contributed by atoms with E-state index in [2.05, 4.69) is 106 Å². The molecule has 0 bridgehead atoms. The van der Waals surface area contributed by atoms with Gasteiger partial charge in [-0.15, -0.1) is 0 Å². The molecule has 0 amide bonds. The van der Waals surface area contributed by atoms with Crippen molar-refractivity contribution in [3.8, 4) is 0 Å². The average Bonchev–Trinajstić information content (AvgIpc) is 3.44. The number of hydrogen-bond donors (Lipinski definition) is 0. The molecule has 0 heterocycles. The van der Waals surface area contributed by atoms with E-state index < -0.39 is 6.10 Å². The van der Waals surface area contributed by atoms with Gasteiger partial charge in [-0.1, -0.05) is 324 Å². The molecule has 0 fully saturated rings. The van der Waals surface area contributed by atoms with Crippen LogP contribution in [0.25, 0.3) is 0 Å². The largest absolute Gasteiger partial charge is 0.462 e. The maximum atomic E-state index is 12.9. The first-order valence-corrected chi connectivity index (χ1v) is 33.6. The van der Waals surface area contributed by atoms with Crippen molar-refractivity contribution in [3.63, 3.8) is 0 Å². The first kappa shape index (κ1) is 74.6. The van der Waals surface area contributed by atoms with Crippen molar-refractivity contribution in [2.24, 2.45) is 0 Å². The van der Waals surface area contributed by atoms with Gasteiger partial charge in [0.1, 0.15) is 13.2 Å². The number of carbonyl (C=O) groups excluding carboxylic acids is 3. The van der Waals surface area contributed by atoms with Crippen LogP contribution in [0.3, 0.4) is 0 Å². The highest BCUT2D eigenvalue weighted by Gasteiger charge is 2.19. The lowest BCUT2D eigenvalue weighted by molar-refractivity contribution is -0.167. The normalized spacial score (nSPS) is 12.6. The number of allylic oxidation sites excluding steroid dienone is 14. The Bertz CT molecular complexity index is 1480. The summed E-state index contributed by atoms with van der Waals surface area (Å²) < 4.78 is 16.8. The SMILES string of the molecule is CC/C=C\C/C=C\C/C=C\C/C=C\C/C=C\C/C=C\C/C=C\CCCCCCCCCCCCCC(=O)OCC(COC(=O)CCCCCCCC)OC(=O)CCCCCCCCCCCCCCCCCCCCCCC.